The fourth-order valence-electron chi connectivity index (χ4n) is 3.45. The molecular formula is C16H18N2O9S. The fraction of sp³-hybridized carbons (Fsp3) is 0.438. The summed E-state index contributed by atoms with van der Waals surface area (Å²) < 4.78 is 31.7. The standard InChI is InChI=1S/C16H18N2O9S/c19-11-4-5-12(20)17(11)9-16(6-2-1-3-7-16)15(23)27-18-13(21)8-10(14(18)22)28(24,25)26/h4-5,8,21-22H,1-3,6-7,9H2,(H,24,25,26). The molecule has 1 saturated carbocycles. The highest BCUT2D eigenvalue weighted by molar-refractivity contribution is 7.86. The molecule has 11 nitrogen and oxygen atoms in total. The molecule has 12 heteroatoms. The van der Waals surface area contributed by atoms with Gasteiger partial charge in [0.15, 0.2) is 4.90 Å². The minimum absolute atomic E-state index is 0.174. The molecule has 0 unspecified atom stereocenters. The van der Waals surface area contributed by atoms with Crippen molar-refractivity contribution in [1.29, 1.82) is 0 Å². The average molecular weight is 414 g/mol. The first-order valence-corrected chi connectivity index (χ1v) is 9.87. The number of carbonyl (C=O) groups excluding carboxylic acids is 3. The minimum atomic E-state index is -4.87. The Morgan fingerprint density at radius 3 is 2.18 bits per heavy atom. The summed E-state index contributed by atoms with van der Waals surface area (Å²) in [6.45, 7) is -0.246. The minimum Gasteiger partial charge on any atom is -0.492 e. The van der Waals surface area contributed by atoms with Crippen LogP contribution in [-0.4, -0.2) is 57.1 Å². The van der Waals surface area contributed by atoms with Crippen molar-refractivity contribution in [2.75, 3.05) is 6.54 Å². The van der Waals surface area contributed by atoms with E-state index in [-0.39, 0.29) is 24.1 Å². The van der Waals surface area contributed by atoms with Crippen molar-refractivity contribution >= 4 is 27.9 Å². The third kappa shape index (κ3) is 3.47. The zero-order valence-electron chi connectivity index (χ0n) is 14.6. The van der Waals surface area contributed by atoms with Crippen LogP contribution in [0.3, 0.4) is 0 Å². The Bertz CT molecular complexity index is 952. The monoisotopic (exact) mass is 414 g/mol. The molecule has 2 heterocycles. The summed E-state index contributed by atoms with van der Waals surface area (Å²) in [4.78, 5) is 41.6. The molecule has 0 spiro atoms. The van der Waals surface area contributed by atoms with Crippen LogP contribution in [0.1, 0.15) is 32.1 Å². The topological polar surface area (TPSA) is 163 Å². The first kappa shape index (κ1) is 19.9. The molecule has 28 heavy (non-hydrogen) atoms. The van der Waals surface area contributed by atoms with E-state index in [1.165, 1.54) is 0 Å². The van der Waals surface area contributed by atoms with E-state index < -0.39 is 50.0 Å². The highest BCUT2D eigenvalue weighted by Gasteiger charge is 2.46. The van der Waals surface area contributed by atoms with Crippen molar-refractivity contribution in [2.24, 2.45) is 5.41 Å². The largest absolute Gasteiger partial charge is 0.492 e. The lowest BCUT2D eigenvalue weighted by Crippen LogP contribution is -2.49. The Hall–Kier alpha value is -2.86. The van der Waals surface area contributed by atoms with Gasteiger partial charge in [-0.3, -0.25) is 19.0 Å². The number of nitrogens with zero attached hydrogens (tertiary/aromatic N) is 2. The quantitative estimate of drug-likeness (QED) is 0.443. The summed E-state index contributed by atoms with van der Waals surface area (Å²) in [5.74, 6) is -4.21. The van der Waals surface area contributed by atoms with Crippen LogP contribution in [0, 0.1) is 5.41 Å². The van der Waals surface area contributed by atoms with E-state index in [1.807, 2.05) is 0 Å². The lowest BCUT2D eigenvalue weighted by Gasteiger charge is -2.36. The second-order valence-corrected chi connectivity index (χ2v) is 8.17. The van der Waals surface area contributed by atoms with Gasteiger partial charge in [0, 0.05) is 24.8 Å². The fourth-order valence-corrected chi connectivity index (χ4v) is 4.02. The zero-order chi connectivity index (χ0) is 20.7. The smallest absolute Gasteiger partial charge is 0.341 e. The average Bonchev–Trinajstić information content (AvgIpc) is 3.09. The molecule has 2 aliphatic rings. The number of hydrogen-bond acceptors (Lipinski definition) is 8. The first-order valence-electron chi connectivity index (χ1n) is 8.43. The van der Waals surface area contributed by atoms with Crippen molar-refractivity contribution < 1.29 is 42.4 Å². The predicted octanol–water partition coefficient (Wildman–Crippen LogP) is -0.0233. The van der Waals surface area contributed by atoms with E-state index in [0.717, 1.165) is 23.5 Å². The van der Waals surface area contributed by atoms with E-state index >= 15 is 0 Å². The molecule has 3 rings (SSSR count). The van der Waals surface area contributed by atoms with Gasteiger partial charge in [0.1, 0.15) is 0 Å². The SMILES string of the molecule is O=C1C=CC(=O)N1CC1(C(=O)On2c(O)cc(S(=O)(=O)O)c2O)CCCCC1. The Labute approximate surface area is 159 Å². The third-order valence-corrected chi connectivity index (χ3v) is 5.79. The maximum atomic E-state index is 12.9. The number of hydrogen-bond donors (Lipinski definition) is 3. The molecule has 0 saturated heterocycles. The number of imide groups is 1. The maximum absolute atomic E-state index is 12.9. The van der Waals surface area contributed by atoms with E-state index in [1.54, 1.807) is 0 Å². The van der Waals surface area contributed by atoms with Gasteiger partial charge in [-0.2, -0.15) is 8.42 Å². The Morgan fingerprint density at radius 2 is 1.68 bits per heavy atom. The van der Waals surface area contributed by atoms with Crippen molar-refractivity contribution in [3.05, 3.63) is 18.2 Å². The van der Waals surface area contributed by atoms with Crippen LogP contribution in [0.25, 0.3) is 0 Å². The molecule has 2 amide bonds. The maximum Gasteiger partial charge on any atom is 0.341 e. The first-order chi connectivity index (χ1) is 13.0. The lowest BCUT2D eigenvalue weighted by atomic mass is 9.73. The van der Waals surface area contributed by atoms with E-state index in [4.69, 9.17) is 9.39 Å². The number of rotatable bonds is 5. The molecule has 1 aromatic heterocycles. The number of aromatic hydroxyl groups is 2. The molecule has 0 aromatic carbocycles. The van der Waals surface area contributed by atoms with Crippen molar-refractivity contribution in [3.8, 4) is 11.8 Å². The molecule has 3 N–H and O–H groups in total. The molecule has 1 aromatic rings. The summed E-state index contributed by atoms with van der Waals surface area (Å²) >= 11 is 0. The zero-order valence-corrected chi connectivity index (χ0v) is 15.4. The van der Waals surface area contributed by atoms with Gasteiger partial charge in [0.25, 0.3) is 27.8 Å². The van der Waals surface area contributed by atoms with Gasteiger partial charge >= 0.3 is 5.97 Å². The van der Waals surface area contributed by atoms with Crippen LogP contribution in [0.5, 0.6) is 11.8 Å². The van der Waals surface area contributed by atoms with Gasteiger partial charge in [-0.1, -0.05) is 19.3 Å². The second-order valence-electron chi connectivity index (χ2n) is 6.78. The lowest BCUT2D eigenvalue weighted by molar-refractivity contribution is -0.162. The Kier molecular flexibility index (Phi) is 4.93. The van der Waals surface area contributed by atoms with Crippen LogP contribution >= 0.6 is 0 Å². The molecule has 1 fully saturated rings. The molecule has 152 valence electrons. The molecule has 1 aliphatic heterocycles. The van der Waals surface area contributed by atoms with Gasteiger partial charge in [-0.05, 0) is 12.8 Å². The summed E-state index contributed by atoms with van der Waals surface area (Å²) in [6.07, 6.45) is 4.84. The molecule has 0 bridgehead atoms. The number of amides is 2. The summed E-state index contributed by atoms with van der Waals surface area (Å²) in [7, 11) is -4.87. The van der Waals surface area contributed by atoms with Crippen LogP contribution in [0.4, 0.5) is 0 Å². The number of aromatic nitrogens is 1. The molecular weight excluding hydrogens is 396 g/mol. The Morgan fingerprint density at radius 1 is 1.11 bits per heavy atom. The van der Waals surface area contributed by atoms with Crippen LogP contribution in [0.2, 0.25) is 0 Å². The molecule has 1 aliphatic carbocycles. The predicted molar refractivity (Wildman–Crippen MR) is 90.5 cm³/mol. The van der Waals surface area contributed by atoms with Gasteiger partial charge < -0.3 is 15.1 Å². The van der Waals surface area contributed by atoms with Gasteiger partial charge in [-0.25, -0.2) is 4.79 Å². The van der Waals surface area contributed by atoms with E-state index in [9.17, 15) is 33.0 Å². The van der Waals surface area contributed by atoms with Gasteiger partial charge in [0.2, 0.25) is 5.88 Å². The summed E-state index contributed by atoms with van der Waals surface area (Å²) in [6, 6.07) is 0.517. The van der Waals surface area contributed by atoms with Crippen molar-refractivity contribution in [1.82, 2.24) is 9.63 Å². The second kappa shape index (κ2) is 6.95. The highest BCUT2D eigenvalue weighted by Crippen LogP contribution is 2.39. The molecule has 0 radical (unpaired) electrons. The summed E-state index contributed by atoms with van der Waals surface area (Å²) in [5, 5.41) is 19.7. The normalized spacial score (nSPS) is 19.2. The van der Waals surface area contributed by atoms with E-state index in [0.29, 0.717) is 18.9 Å². The highest BCUT2D eigenvalue weighted by atomic mass is 32.2. The van der Waals surface area contributed by atoms with Crippen molar-refractivity contribution in [3.63, 3.8) is 0 Å². The molecule has 0 atom stereocenters. The van der Waals surface area contributed by atoms with Crippen molar-refractivity contribution in [2.45, 2.75) is 37.0 Å². The third-order valence-electron chi connectivity index (χ3n) is 4.94. The summed E-state index contributed by atoms with van der Waals surface area (Å²) in [5.41, 5.74) is -1.28. The van der Waals surface area contributed by atoms with Gasteiger partial charge in [-0.15, -0.1) is 4.73 Å². The van der Waals surface area contributed by atoms with E-state index in [2.05, 4.69) is 0 Å². The van der Waals surface area contributed by atoms with Crippen LogP contribution in [-0.2, 0) is 24.5 Å². The van der Waals surface area contributed by atoms with Gasteiger partial charge in [0.05, 0.1) is 5.41 Å². The van der Waals surface area contributed by atoms with Crippen LogP contribution < -0.4 is 4.84 Å². The number of carbonyl (C=O) groups is 3. The van der Waals surface area contributed by atoms with Crippen LogP contribution in [0.15, 0.2) is 23.1 Å². The Balaban J connectivity index is 1.90.